The van der Waals surface area contributed by atoms with Crippen molar-refractivity contribution in [3.05, 3.63) is 96.4 Å². The van der Waals surface area contributed by atoms with Crippen molar-refractivity contribution in [1.29, 1.82) is 0 Å². The first-order valence-electron chi connectivity index (χ1n) is 11.9. The van der Waals surface area contributed by atoms with Gasteiger partial charge < -0.3 is 14.8 Å². The summed E-state index contributed by atoms with van der Waals surface area (Å²) in [5, 5.41) is 12.4. The van der Waals surface area contributed by atoms with E-state index in [1.54, 1.807) is 0 Å². The van der Waals surface area contributed by atoms with Gasteiger partial charge in [-0.2, -0.15) is 13.2 Å². The highest BCUT2D eigenvalue weighted by Gasteiger charge is 2.37. The van der Waals surface area contributed by atoms with Crippen molar-refractivity contribution in [2.75, 3.05) is 19.0 Å². The molecule has 43 heavy (non-hydrogen) atoms. The molecule has 16 heteroatoms. The number of alkyl halides is 3. The van der Waals surface area contributed by atoms with Gasteiger partial charge >= 0.3 is 6.18 Å². The van der Waals surface area contributed by atoms with E-state index in [1.807, 2.05) is 0 Å². The van der Waals surface area contributed by atoms with Gasteiger partial charge in [0.05, 0.1) is 38.2 Å². The second kappa shape index (κ2) is 12.9. The van der Waals surface area contributed by atoms with E-state index in [0.29, 0.717) is 33.9 Å². The van der Waals surface area contributed by atoms with Crippen molar-refractivity contribution in [3.8, 4) is 11.5 Å². The second-order valence-corrected chi connectivity index (χ2v) is 10.6. The minimum absolute atomic E-state index is 0.00407. The smallest absolute Gasteiger partial charge is 0.416 e. The third kappa shape index (κ3) is 7.58. The Labute approximate surface area is 255 Å². The lowest BCUT2D eigenvalue weighted by molar-refractivity contribution is -0.384. The fourth-order valence-electron chi connectivity index (χ4n) is 3.77. The number of nitrogens with zero attached hydrogens (tertiary/aromatic N) is 2. The van der Waals surface area contributed by atoms with Crippen LogP contribution in [0.4, 0.5) is 29.3 Å². The highest BCUT2D eigenvalue weighted by molar-refractivity contribution is 8.18. The number of hydrogen-bond donors (Lipinski definition) is 1. The number of amides is 3. The summed E-state index contributed by atoms with van der Waals surface area (Å²) < 4.78 is 50.0. The number of thioether (sulfide) groups is 1. The Kier molecular flexibility index (Phi) is 9.52. The standard InChI is InChI=1S/C27H18Cl2F3N3O7S/c1-41-21-7-4-16(27(30,31)32)11-20(21)33-23(36)12-34-25(37)22(43-26(34)38)10-15-8-18(28)24(19(29)9-15)42-13-14-2-5-17(6-3-14)35(39)40/h2-11H,12-13H2,1H3,(H,33,36)/b22-10-. The van der Waals surface area contributed by atoms with Crippen LogP contribution in [-0.2, 0) is 22.4 Å². The van der Waals surface area contributed by atoms with E-state index < -0.39 is 40.3 Å². The highest BCUT2D eigenvalue weighted by Crippen LogP contribution is 2.38. The predicted molar refractivity (Wildman–Crippen MR) is 153 cm³/mol. The molecule has 0 spiro atoms. The first kappa shape index (κ1) is 31.7. The molecule has 0 bridgehead atoms. The zero-order valence-corrected chi connectivity index (χ0v) is 24.1. The number of nitrogens with one attached hydrogen (secondary N) is 1. The van der Waals surface area contributed by atoms with Gasteiger partial charge in [0.25, 0.3) is 16.8 Å². The van der Waals surface area contributed by atoms with Gasteiger partial charge in [-0.3, -0.25) is 29.4 Å². The number of anilines is 1. The summed E-state index contributed by atoms with van der Waals surface area (Å²) in [5.41, 5.74) is -0.444. The topological polar surface area (TPSA) is 128 Å². The van der Waals surface area contributed by atoms with Crippen LogP contribution in [0.25, 0.3) is 6.08 Å². The van der Waals surface area contributed by atoms with Crippen molar-refractivity contribution in [1.82, 2.24) is 4.90 Å². The normalized spacial score (nSPS) is 14.3. The molecule has 0 saturated carbocycles. The number of carbonyl (C=O) groups excluding carboxylic acids is 3. The van der Waals surface area contributed by atoms with Crippen molar-refractivity contribution in [3.63, 3.8) is 0 Å². The molecule has 4 rings (SSSR count). The van der Waals surface area contributed by atoms with Crippen LogP contribution in [0.2, 0.25) is 10.0 Å². The van der Waals surface area contributed by atoms with E-state index in [2.05, 4.69) is 5.32 Å². The molecule has 3 amide bonds. The van der Waals surface area contributed by atoms with E-state index in [-0.39, 0.29) is 44.4 Å². The summed E-state index contributed by atoms with van der Waals surface area (Å²) in [4.78, 5) is 48.9. The van der Waals surface area contributed by atoms with Crippen LogP contribution in [0.1, 0.15) is 16.7 Å². The first-order valence-corrected chi connectivity index (χ1v) is 13.5. The Balaban J connectivity index is 1.44. The molecule has 10 nitrogen and oxygen atoms in total. The Morgan fingerprint density at radius 1 is 1.09 bits per heavy atom. The largest absolute Gasteiger partial charge is 0.495 e. The Bertz CT molecular complexity index is 1630. The average molecular weight is 656 g/mol. The number of ether oxygens (including phenoxy) is 2. The van der Waals surface area contributed by atoms with Crippen LogP contribution in [0, 0.1) is 10.1 Å². The third-order valence-electron chi connectivity index (χ3n) is 5.82. The maximum absolute atomic E-state index is 13.1. The fraction of sp³-hybridized carbons (Fsp3) is 0.148. The van der Waals surface area contributed by atoms with E-state index in [1.165, 1.54) is 49.6 Å². The van der Waals surface area contributed by atoms with Crippen LogP contribution < -0.4 is 14.8 Å². The van der Waals surface area contributed by atoms with Gasteiger partial charge in [0.2, 0.25) is 5.91 Å². The zero-order valence-electron chi connectivity index (χ0n) is 21.7. The van der Waals surface area contributed by atoms with E-state index >= 15 is 0 Å². The molecule has 1 aliphatic heterocycles. The molecule has 1 fully saturated rings. The highest BCUT2D eigenvalue weighted by atomic mass is 35.5. The first-order chi connectivity index (χ1) is 20.3. The molecule has 3 aromatic carbocycles. The maximum Gasteiger partial charge on any atom is 0.416 e. The van der Waals surface area contributed by atoms with Crippen molar-refractivity contribution in [2.24, 2.45) is 0 Å². The molecular formula is C27H18Cl2F3N3O7S. The molecule has 1 saturated heterocycles. The number of nitro benzene ring substituents is 1. The van der Waals surface area contributed by atoms with E-state index in [9.17, 15) is 37.7 Å². The number of hydrogen-bond acceptors (Lipinski definition) is 8. The van der Waals surface area contributed by atoms with E-state index in [4.69, 9.17) is 32.7 Å². The lowest BCUT2D eigenvalue weighted by Crippen LogP contribution is -2.36. The van der Waals surface area contributed by atoms with Crippen LogP contribution in [0.5, 0.6) is 11.5 Å². The summed E-state index contributed by atoms with van der Waals surface area (Å²) in [7, 11) is 1.20. The molecule has 0 atom stereocenters. The van der Waals surface area contributed by atoms with Crippen LogP contribution in [0.15, 0.2) is 59.5 Å². The minimum atomic E-state index is -4.67. The van der Waals surface area contributed by atoms with Gasteiger partial charge in [0.1, 0.15) is 18.9 Å². The SMILES string of the molecule is COc1ccc(C(F)(F)F)cc1NC(=O)CN1C(=O)S/C(=C\c2cc(Cl)c(OCc3ccc([N+](=O)[O-])cc3)c(Cl)c2)C1=O. The molecular weight excluding hydrogens is 638 g/mol. The molecule has 224 valence electrons. The van der Waals surface area contributed by atoms with Gasteiger partial charge in [-0.05, 0) is 71.4 Å². The summed E-state index contributed by atoms with van der Waals surface area (Å²) >= 11 is 13.2. The van der Waals surface area contributed by atoms with Crippen LogP contribution >= 0.6 is 35.0 Å². The molecule has 1 heterocycles. The molecule has 0 aromatic heterocycles. The number of rotatable bonds is 9. The monoisotopic (exact) mass is 655 g/mol. The Morgan fingerprint density at radius 3 is 2.33 bits per heavy atom. The second-order valence-electron chi connectivity index (χ2n) is 8.75. The van der Waals surface area contributed by atoms with Gasteiger partial charge in [0.15, 0.2) is 5.75 Å². The number of benzene rings is 3. The van der Waals surface area contributed by atoms with Crippen molar-refractivity contribution in [2.45, 2.75) is 12.8 Å². The molecule has 1 N–H and O–H groups in total. The predicted octanol–water partition coefficient (Wildman–Crippen LogP) is 7.18. The lowest BCUT2D eigenvalue weighted by Gasteiger charge is -2.16. The molecule has 1 aliphatic rings. The van der Waals surface area contributed by atoms with Crippen molar-refractivity contribution >= 4 is 69.5 Å². The third-order valence-corrected chi connectivity index (χ3v) is 7.29. The Morgan fingerprint density at radius 2 is 1.74 bits per heavy atom. The summed E-state index contributed by atoms with van der Waals surface area (Å²) in [5.74, 6) is -1.67. The average Bonchev–Trinajstić information content (AvgIpc) is 3.19. The van der Waals surface area contributed by atoms with Gasteiger partial charge in [0, 0.05) is 12.1 Å². The summed E-state index contributed by atoms with van der Waals surface area (Å²) in [6, 6.07) is 11.0. The fourth-order valence-corrected chi connectivity index (χ4v) is 5.22. The molecule has 0 aliphatic carbocycles. The summed E-state index contributed by atoms with van der Waals surface area (Å²) in [6.45, 7) is -0.761. The molecule has 0 radical (unpaired) electrons. The zero-order chi connectivity index (χ0) is 31.5. The van der Waals surface area contributed by atoms with E-state index in [0.717, 1.165) is 12.1 Å². The quantitative estimate of drug-likeness (QED) is 0.146. The number of methoxy groups -OCH3 is 1. The number of non-ortho nitro benzene ring substituents is 1. The molecule has 0 unspecified atom stereocenters. The number of carbonyl (C=O) groups is 3. The molecule has 3 aromatic rings. The number of imide groups is 1. The number of halogens is 5. The minimum Gasteiger partial charge on any atom is -0.495 e. The maximum atomic E-state index is 13.1. The van der Waals surface area contributed by atoms with Crippen LogP contribution in [-0.4, -0.2) is 40.5 Å². The Hall–Kier alpha value is -4.27. The van der Waals surface area contributed by atoms with Gasteiger partial charge in [-0.1, -0.05) is 23.2 Å². The van der Waals surface area contributed by atoms with Gasteiger partial charge in [-0.25, -0.2) is 0 Å². The number of nitro groups is 1. The lowest BCUT2D eigenvalue weighted by atomic mass is 10.1. The van der Waals surface area contributed by atoms with Crippen LogP contribution in [0.3, 0.4) is 0 Å². The summed E-state index contributed by atoms with van der Waals surface area (Å²) in [6.07, 6.45) is -3.34. The van der Waals surface area contributed by atoms with Gasteiger partial charge in [-0.15, -0.1) is 0 Å². The van der Waals surface area contributed by atoms with Crippen molar-refractivity contribution < 1.29 is 42.0 Å².